The molecule has 13 nitrogen and oxygen atoms in total. The van der Waals surface area contributed by atoms with Crippen molar-refractivity contribution in [3.8, 4) is 11.5 Å². The minimum absolute atomic E-state index is 0.0714. The number of amides is 3. The van der Waals surface area contributed by atoms with Crippen molar-refractivity contribution in [3.05, 3.63) is 22.7 Å². The predicted molar refractivity (Wildman–Crippen MR) is 129 cm³/mol. The van der Waals surface area contributed by atoms with Gasteiger partial charge in [0.15, 0.2) is 28.2 Å². The number of aliphatic carboxylic acids is 1. The largest absolute Gasteiger partial charge is 0.504 e. The van der Waals surface area contributed by atoms with Crippen molar-refractivity contribution in [2.24, 2.45) is 11.0 Å². The highest BCUT2D eigenvalue weighted by Crippen LogP contribution is 2.35. The normalized spacial score (nSPS) is 19.0. The number of likely N-dealkylation sites (tertiary alicyclic amines) is 1. The number of carboxylic acids is 1. The molecule has 1 fully saturated rings. The van der Waals surface area contributed by atoms with Crippen LogP contribution in [0.25, 0.3) is 0 Å². The molecule has 1 aromatic rings. The van der Waals surface area contributed by atoms with E-state index in [1.807, 2.05) is 0 Å². The summed E-state index contributed by atoms with van der Waals surface area (Å²) >= 11 is 5.89. The van der Waals surface area contributed by atoms with Gasteiger partial charge in [-0.3, -0.25) is 14.4 Å². The van der Waals surface area contributed by atoms with Crippen molar-refractivity contribution in [1.82, 2.24) is 15.6 Å². The van der Waals surface area contributed by atoms with E-state index in [2.05, 4.69) is 15.8 Å². The molecule has 2 rings (SSSR count). The van der Waals surface area contributed by atoms with E-state index in [-0.39, 0.29) is 12.0 Å². The molecule has 0 bridgehead atoms. The highest BCUT2D eigenvalue weighted by molar-refractivity contribution is 7.75. The Balaban J connectivity index is 2.24. The molecule has 1 saturated heterocycles. The van der Waals surface area contributed by atoms with Crippen molar-refractivity contribution < 1.29 is 42.9 Å². The summed E-state index contributed by atoms with van der Waals surface area (Å²) in [5, 5.41) is 34.5. The van der Waals surface area contributed by atoms with E-state index in [4.69, 9.17) is 11.6 Å². The standard InChI is InChI=1S/C21H27ClN4O9S/c1-9(2)15(24-18(30)11-5-6-12(27)16(29)14(11)22)19(31)25-23-8-21(4,36(34)35)17(20(32)33)26-10(3)7-13(26)28/h5-6,8-10,15,17,27,29,36H,7H2,1-4H3,(H,24,30)(H,25,31)(H,32,33)/b23-8+/t10-,15?,17+,21+/m1/s1. The van der Waals surface area contributed by atoms with E-state index in [9.17, 15) is 42.9 Å². The van der Waals surface area contributed by atoms with Crippen molar-refractivity contribution in [3.63, 3.8) is 0 Å². The average Bonchev–Trinajstić information content (AvgIpc) is 2.78. The van der Waals surface area contributed by atoms with Crippen LogP contribution in [0.15, 0.2) is 17.2 Å². The topological polar surface area (TPSA) is 203 Å². The van der Waals surface area contributed by atoms with Crippen LogP contribution in [0.3, 0.4) is 0 Å². The monoisotopic (exact) mass is 546 g/mol. The summed E-state index contributed by atoms with van der Waals surface area (Å²) in [4.78, 5) is 50.1. The van der Waals surface area contributed by atoms with E-state index < -0.39 is 79.7 Å². The van der Waals surface area contributed by atoms with Crippen LogP contribution < -0.4 is 10.7 Å². The second-order valence-corrected chi connectivity index (χ2v) is 10.7. The lowest BCUT2D eigenvalue weighted by Crippen LogP contribution is -2.66. The Morgan fingerprint density at radius 2 is 1.89 bits per heavy atom. The number of carboxylic acid groups (broad SMARTS) is 1. The van der Waals surface area contributed by atoms with Gasteiger partial charge >= 0.3 is 5.97 Å². The number of benzene rings is 1. The van der Waals surface area contributed by atoms with Gasteiger partial charge in [-0.05, 0) is 31.9 Å². The minimum Gasteiger partial charge on any atom is -0.504 e. The number of rotatable bonds is 10. The van der Waals surface area contributed by atoms with Gasteiger partial charge < -0.3 is 25.5 Å². The first-order valence-electron chi connectivity index (χ1n) is 10.7. The number of nitrogens with one attached hydrogen (secondary N) is 2. The first-order valence-corrected chi connectivity index (χ1v) is 12.2. The van der Waals surface area contributed by atoms with Crippen LogP contribution in [-0.4, -0.2) is 81.4 Å². The number of hydrazone groups is 1. The van der Waals surface area contributed by atoms with Gasteiger partial charge in [0.2, 0.25) is 5.91 Å². The molecule has 4 atom stereocenters. The van der Waals surface area contributed by atoms with Crippen molar-refractivity contribution in [2.45, 2.75) is 57.0 Å². The summed E-state index contributed by atoms with van der Waals surface area (Å²) in [6, 6.07) is -1.30. The summed E-state index contributed by atoms with van der Waals surface area (Å²) in [6.45, 7) is 5.83. The third-order valence-corrected chi connectivity index (χ3v) is 7.30. The second kappa shape index (κ2) is 11.1. The molecule has 198 valence electrons. The van der Waals surface area contributed by atoms with Gasteiger partial charge in [0.1, 0.15) is 10.8 Å². The Bertz CT molecular complexity index is 1180. The summed E-state index contributed by atoms with van der Waals surface area (Å²) in [5.41, 5.74) is 1.87. The molecule has 1 aliphatic heterocycles. The van der Waals surface area contributed by atoms with Crippen molar-refractivity contribution >= 4 is 52.2 Å². The van der Waals surface area contributed by atoms with Crippen LogP contribution in [0.5, 0.6) is 11.5 Å². The predicted octanol–water partition coefficient (Wildman–Crippen LogP) is 0.0517. The third-order valence-electron chi connectivity index (χ3n) is 5.77. The number of β-lactam (4-membered cyclic amide) rings is 1. The zero-order valence-corrected chi connectivity index (χ0v) is 21.4. The highest BCUT2D eigenvalue weighted by atomic mass is 35.5. The quantitative estimate of drug-likeness (QED) is 0.0770. The lowest BCUT2D eigenvalue weighted by Gasteiger charge is -2.45. The van der Waals surface area contributed by atoms with Gasteiger partial charge in [-0.2, -0.15) is 5.10 Å². The summed E-state index contributed by atoms with van der Waals surface area (Å²) in [5.74, 6) is -5.56. The smallest absolute Gasteiger partial charge is 0.328 e. The molecule has 0 spiro atoms. The number of phenols is 2. The Kier molecular flexibility index (Phi) is 8.91. The number of aromatic hydroxyl groups is 2. The van der Waals surface area contributed by atoms with Crippen LogP contribution in [0, 0.1) is 5.92 Å². The summed E-state index contributed by atoms with van der Waals surface area (Å²) < 4.78 is 21.9. The van der Waals surface area contributed by atoms with Crippen LogP contribution in [0.2, 0.25) is 5.02 Å². The fourth-order valence-corrected chi connectivity index (χ4v) is 4.47. The zero-order valence-electron chi connectivity index (χ0n) is 19.8. The van der Waals surface area contributed by atoms with E-state index in [0.29, 0.717) is 0 Å². The molecule has 0 aromatic heterocycles. The second-order valence-electron chi connectivity index (χ2n) is 8.80. The number of thiol groups is 1. The fourth-order valence-electron chi connectivity index (χ4n) is 3.64. The maximum atomic E-state index is 12.7. The van der Waals surface area contributed by atoms with Gasteiger partial charge in [0.05, 0.1) is 10.6 Å². The lowest BCUT2D eigenvalue weighted by atomic mass is 9.92. The average molecular weight is 547 g/mol. The van der Waals surface area contributed by atoms with Crippen LogP contribution in [-0.2, 0) is 25.1 Å². The molecule has 1 heterocycles. The highest BCUT2D eigenvalue weighted by Gasteiger charge is 2.52. The Labute approximate surface area is 213 Å². The molecule has 1 aromatic carbocycles. The number of hydrogen-bond donors (Lipinski definition) is 6. The number of phenolic OH excluding ortho intramolecular Hbond substituents is 2. The third kappa shape index (κ3) is 5.70. The number of nitrogens with zero attached hydrogens (tertiary/aromatic N) is 2. The number of halogens is 1. The van der Waals surface area contributed by atoms with E-state index >= 15 is 0 Å². The van der Waals surface area contributed by atoms with Gasteiger partial charge in [0, 0.05) is 18.7 Å². The van der Waals surface area contributed by atoms with Gasteiger partial charge in [-0.25, -0.2) is 18.6 Å². The minimum atomic E-state index is -3.48. The van der Waals surface area contributed by atoms with E-state index in [0.717, 1.165) is 30.2 Å². The van der Waals surface area contributed by atoms with Crippen molar-refractivity contribution in [1.29, 1.82) is 0 Å². The van der Waals surface area contributed by atoms with Gasteiger partial charge in [-0.1, -0.05) is 25.4 Å². The number of carbonyl (C=O) groups is 4. The molecular formula is C21H27ClN4O9S. The van der Waals surface area contributed by atoms with Crippen molar-refractivity contribution in [2.75, 3.05) is 0 Å². The van der Waals surface area contributed by atoms with Gasteiger partial charge in [-0.15, -0.1) is 0 Å². The number of carbonyl (C=O) groups excluding carboxylic acids is 3. The molecule has 0 saturated carbocycles. The first kappa shape index (κ1) is 28.8. The maximum Gasteiger partial charge on any atom is 0.328 e. The molecule has 0 aliphatic carbocycles. The molecular weight excluding hydrogens is 520 g/mol. The summed E-state index contributed by atoms with van der Waals surface area (Å²) in [6.07, 6.45) is 0.795. The Hall–Kier alpha value is -3.39. The SMILES string of the molecule is CC(C)C(NC(=O)c1ccc(O)c(O)c1Cl)C(=O)N/N=C/[C@@](C)([C@H](C(=O)O)N1C(=O)C[C@H]1C)[SH](=O)=O. The Morgan fingerprint density at radius 1 is 1.28 bits per heavy atom. The van der Waals surface area contributed by atoms with Crippen LogP contribution in [0.4, 0.5) is 0 Å². The maximum absolute atomic E-state index is 12.7. The Morgan fingerprint density at radius 3 is 2.36 bits per heavy atom. The molecule has 3 amide bonds. The molecule has 1 aliphatic rings. The molecule has 1 unspecified atom stereocenters. The first-order chi connectivity index (χ1) is 16.6. The van der Waals surface area contributed by atoms with E-state index in [1.54, 1.807) is 20.8 Å². The summed E-state index contributed by atoms with van der Waals surface area (Å²) in [7, 11) is -3.48. The lowest BCUT2D eigenvalue weighted by molar-refractivity contribution is -0.161. The molecule has 0 radical (unpaired) electrons. The number of hydrogen-bond acceptors (Lipinski definition) is 9. The van der Waals surface area contributed by atoms with Gasteiger partial charge in [0.25, 0.3) is 11.8 Å². The fraction of sp³-hybridized carbons (Fsp3) is 0.476. The zero-order chi connectivity index (χ0) is 27.5. The van der Waals surface area contributed by atoms with E-state index in [1.165, 1.54) is 0 Å². The van der Waals surface area contributed by atoms with Crippen LogP contribution >= 0.6 is 11.6 Å². The molecule has 15 heteroatoms. The molecule has 5 N–H and O–H groups in total. The molecule has 36 heavy (non-hydrogen) atoms. The van der Waals surface area contributed by atoms with Crippen LogP contribution in [0.1, 0.15) is 44.5 Å².